The van der Waals surface area contributed by atoms with Crippen molar-refractivity contribution in [2.75, 3.05) is 29.7 Å². The van der Waals surface area contributed by atoms with Crippen LogP contribution in [0.1, 0.15) is 0 Å². The molecule has 0 radical (unpaired) electrons. The van der Waals surface area contributed by atoms with Crippen molar-refractivity contribution < 1.29 is 9.90 Å². The molecule has 0 saturated carbocycles. The first-order valence-corrected chi connectivity index (χ1v) is 7.16. The minimum Gasteiger partial charge on any atom is -0.480 e. The maximum atomic E-state index is 11.9. The largest absolute Gasteiger partial charge is 0.480 e. The van der Waals surface area contributed by atoms with Gasteiger partial charge in [-0.3, -0.25) is 19.1 Å². The molecule has 1 rings (SSSR count). The third-order valence-corrected chi connectivity index (χ3v) is 3.09. The number of anilines is 1. The van der Waals surface area contributed by atoms with Crippen LogP contribution in [0.25, 0.3) is 0 Å². The molecule has 0 aliphatic carbocycles. The number of halogens is 4. The normalized spacial score (nSPS) is 11.1. The van der Waals surface area contributed by atoms with Gasteiger partial charge in [-0.2, -0.15) is 0 Å². The van der Waals surface area contributed by atoms with Crippen molar-refractivity contribution in [3.05, 3.63) is 27.0 Å². The predicted octanol–water partition coefficient (Wildman–Crippen LogP) is 0.0761. The summed E-state index contributed by atoms with van der Waals surface area (Å²) in [6, 6.07) is -1.25. The fraction of sp³-hybridized carbons (Fsp3) is 0.545. The molecule has 1 unspecified atom stereocenters. The third kappa shape index (κ3) is 7.01. The molecule has 1 heterocycles. The lowest BCUT2D eigenvalue weighted by atomic mass is 10.3. The minimum atomic E-state index is -1.25. The van der Waals surface area contributed by atoms with Crippen molar-refractivity contribution in [1.82, 2.24) is 9.55 Å². The first-order chi connectivity index (χ1) is 9.90. The number of alkyl halides is 2. The highest BCUT2D eigenvalue weighted by atomic mass is 35.5. The number of carbonyl (C=O) groups is 1. The number of nitrogens with zero attached hydrogens (tertiary/aromatic N) is 2. The second-order valence-corrected chi connectivity index (χ2v) is 4.99. The monoisotopic (exact) mass is 410 g/mol. The zero-order valence-corrected chi connectivity index (χ0v) is 15.1. The Bertz CT molecular complexity index is 600. The number of H-pyrrole nitrogens is 1. The van der Waals surface area contributed by atoms with Gasteiger partial charge < -0.3 is 15.7 Å². The van der Waals surface area contributed by atoms with Crippen molar-refractivity contribution in [2.24, 2.45) is 5.73 Å². The molecule has 0 amide bonds. The molecule has 0 spiro atoms. The summed E-state index contributed by atoms with van der Waals surface area (Å²) >= 11 is 11.3. The van der Waals surface area contributed by atoms with Crippen molar-refractivity contribution in [3.63, 3.8) is 0 Å². The number of rotatable bonds is 8. The van der Waals surface area contributed by atoms with Gasteiger partial charge in [-0.05, 0) is 0 Å². The third-order valence-electron chi connectivity index (χ3n) is 2.75. The van der Waals surface area contributed by atoms with E-state index in [1.54, 1.807) is 4.90 Å². The Hall–Kier alpha value is -0.930. The fourth-order valence-corrected chi connectivity index (χ4v) is 2.11. The molecule has 12 heteroatoms. The Morgan fingerprint density at radius 3 is 2.26 bits per heavy atom. The molecule has 4 N–H and O–H groups in total. The van der Waals surface area contributed by atoms with E-state index in [2.05, 4.69) is 4.98 Å². The van der Waals surface area contributed by atoms with Gasteiger partial charge in [-0.25, -0.2) is 4.79 Å². The first-order valence-electron chi connectivity index (χ1n) is 6.09. The zero-order valence-electron chi connectivity index (χ0n) is 11.9. The van der Waals surface area contributed by atoms with Gasteiger partial charge in [0.1, 0.15) is 11.7 Å². The fourth-order valence-electron chi connectivity index (χ4n) is 1.71. The van der Waals surface area contributed by atoms with E-state index in [4.69, 9.17) is 34.0 Å². The molecule has 0 saturated heterocycles. The lowest BCUT2D eigenvalue weighted by Gasteiger charge is -2.22. The summed E-state index contributed by atoms with van der Waals surface area (Å²) in [6.07, 6.45) is 1.27. The van der Waals surface area contributed by atoms with Crippen LogP contribution in [0.4, 0.5) is 5.69 Å². The Kier molecular flexibility index (Phi) is 12.2. The number of aromatic amines is 1. The summed E-state index contributed by atoms with van der Waals surface area (Å²) in [5.41, 5.74) is 4.27. The number of carboxylic acid groups (broad SMARTS) is 1. The van der Waals surface area contributed by atoms with Gasteiger partial charge in [0.2, 0.25) is 0 Å². The van der Waals surface area contributed by atoms with Crippen LogP contribution in [0.5, 0.6) is 0 Å². The summed E-state index contributed by atoms with van der Waals surface area (Å²) in [7, 11) is 0. The molecule has 0 aliphatic heterocycles. The molecule has 0 aliphatic rings. The van der Waals surface area contributed by atoms with Crippen LogP contribution in [0, 0.1) is 0 Å². The number of hydrogen-bond donors (Lipinski definition) is 3. The summed E-state index contributed by atoms with van der Waals surface area (Å²) in [4.78, 5) is 38.0. The van der Waals surface area contributed by atoms with Gasteiger partial charge in [-0.1, -0.05) is 0 Å². The van der Waals surface area contributed by atoms with Gasteiger partial charge in [0.15, 0.2) is 0 Å². The first kappa shape index (κ1) is 24.3. The van der Waals surface area contributed by atoms with Crippen LogP contribution >= 0.6 is 48.0 Å². The molecule has 8 nitrogen and oxygen atoms in total. The van der Waals surface area contributed by atoms with Crippen LogP contribution in [0.2, 0.25) is 0 Å². The average molecular weight is 412 g/mol. The van der Waals surface area contributed by atoms with E-state index in [-0.39, 0.29) is 48.8 Å². The predicted molar refractivity (Wildman–Crippen MR) is 95.1 cm³/mol. The number of nitrogens with two attached hydrogens (primary N) is 1. The smallest absolute Gasteiger partial charge is 0.328 e. The summed E-state index contributed by atoms with van der Waals surface area (Å²) in [6.45, 7) is 0.467. The van der Waals surface area contributed by atoms with E-state index < -0.39 is 23.3 Å². The van der Waals surface area contributed by atoms with E-state index in [0.717, 1.165) is 4.57 Å². The molecule has 134 valence electrons. The van der Waals surface area contributed by atoms with Crippen molar-refractivity contribution >= 4 is 59.7 Å². The highest BCUT2D eigenvalue weighted by Gasteiger charge is 2.16. The van der Waals surface area contributed by atoms with E-state index in [1.807, 2.05) is 0 Å². The lowest BCUT2D eigenvalue weighted by Crippen LogP contribution is -2.42. The second-order valence-electron chi connectivity index (χ2n) is 4.24. The zero-order chi connectivity index (χ0) is 16.0. The second kappa shape index (κ2) is 11.6. The van der Waals surface area contributed by atoms with Crippen molar-refractivity contribution in [3.8, 4) is 0 Å². The number of hydrogen-bond acceptors (Lipinski definition) is 5. The molecule has 1 atom stereocenters. The average Bonchev–Trinajstić information content (AvgIpc) is 2.41. The number of aliphatic carboxylic acids is 1. The van der Waals surface area contributed by atoms with Gasteiger partial charge >= 0.3 is 11.7 Å². The number of aromatic nitrogens is 2. The van der Waals surface area contributed by atoms with E-state index in [1.165, 1.54) is 6.20 Å². The molecule has 1 aromatic heterocycles. The molecular formula is C11H18Cl4N4O4. The Labute approximate surface area is 154 Å². The molecule has 0 bridgehead atoms. The summed E-state index contributed by atoms with van der Waals surface area (Å²) in [5, 5.41) is 8.78. The molecule has 23 heavy (non-hydrogen) atoms. The van der Waals surface area contributed by atoms with E-state index in [0.29, 0.717) is 13.1 Å². The minimum absolute atomic E-state index is 0. The maximum Gasteiger partial charge on any atom is 0.328 e. The molecule has 1 aromatic rings. The Morgan fingerprint density at radius 2 is 1.83 bits per heavy atom. The maximum absolute atomic E-state index is 11.9. The Morgan fingerprint density at radius 1 is 1.30 bits per heavy atom. The van der Waals surface area contributed by atoms with Crippen LogP contribution < -0.4 is 21.9 Å². The highest BCUT2D eigenvalue weighted by Crippen LogP contribution is 2.06. The van der Waals surface area contributed by atoms with E-state index in [9.17, 15) is 14.4 Å². The Balaban J connectivity index is 0. The molecule has 0 aromatic carbocycles. The van der Waals surface area contributed by atoms with Gasteiger partial charge in [0.05, 0.1) is 6.54 Å². The van der Waals surface area contributed by atoms with Crippen LogP contribution in [-0.2, 0) is 11.3 Å². The van der Waals surface area contributed by atoms with E-state index >= 15 is 0 Å². The summed E-state index contributed by atoms with van der Waals surface area (Å²) < 4.78 is 1.05. The molecular weight excluding hydrogens is 394 g/mol. The highest BCUT2D eigenvalue weighted by molar-refractivity contribution is 6.18. The van der Waals surface area contributed by atoms with Crippen LogP contribution in [0.3, 0.4) is 0 Å². The number of nitrogens with one attached hydrogen (secondary N) is 1. The van der Waals surface area contributed by atoms with Crippen LogP contribution in [0.15, 0.2) is 15.8 Å². The van der Waals surface area contributed by atoms with Gasteiger partial charge in [0, 0.05) is 31.0 Å². The quantitative estimate of drug-likeness (QED) is 0.520. The number of carboxylic acids is 1. The van der Waals surface area contributed by atoms with Crippen molar-refractivity contribution in [2.45, 2.75) is 12.6 Å². The lowest BCUT2D eigenvalue weighted by molar-refractivity contribution is -0.138. The molecule has 0 fully saturated rings. The van der Waals surface area contributed by atoms with Crippen LogP contribution in [-0.4, -0.2) is 51.5 Å². The van der Waals surface area contributed by atoms with Gasteiger partial charge in [-0.15, -0.1) is 48.0 Å². The summed E-state index contributed by atoms with van der Waals surface area (Å²) in [5.74, 6) is -0.707. The topological polar surface area (TPSA) is 121 Å². The SMILES string of the molecule is Cl.Cl.NC(Cn1cc(N(CCCl)CCCl)c(=O)[nH]c1=O)C(=O)O. The standard InChI is InChI=1S/C11H16Cl2N4O4.2ClH/c12-1-3-16(4-2-13)8-6-17(5-7(14)10(19)20)11(21)15-9(8)18;;/h6-7H,1-5,14H2,(H,19,20)(H,15,18,21);2*1H. The van der Waals surface area contributed by atoms with Gasteiger partial charge in [0.25, 0.3) is 5.56 Å². The van der Waals surface area contributed by atoms with Crippen molar-refractivity contribution in [1.29, 1.82) is 0 Å².